The molecule has 9 heteroatoms. The minimum atomic E-state index is -0.925. The zero-order chi connectivity index (χ0) is 26.2. The lowest BCUT2D eigenvalue weighted by atomic mass is 9.99. The minimum absolute atomic E-state index is 0.112. The first kappa shape index (κ1) is 27.3. The highest BCUT2D eigenvalue weighted by Crippen LogP contribution is 2.27. The van der Waals surface area contributed by atoms with Crippen LogP contribution in [0.1, 0.15) is 32.7 Å². The van der Waals surface area contributed by atoms with Crippen LogP contribution in [0.25, 0.3) is 0 Å². The van der Waals surface area contributed by atoms with Crippen LogP contribution < -0.4 is 15.4 Å². The van der Waals surface area contributed by atoms with Crippen molar-refractivity contribution in [1.82, 2.24) is 10.3 Å². The molecular formula is C27H29Cl2N3O4. The van der Waals surface area contributed by atoms with Crippen molar-refractivity contribution in [2.75, 3.05) is 26.1 Å². The molecule has 0 bridgehead atoms. The predicted molar refractivity (Wildman–Crippen MR) is 142 cm³/mol. The summed E-state index contributed by atoms with van der Waals surface area (Å²) in [5, 5.41) is 6.13. The molecule has 7 nitrogen and oxygen atoms in total. The number of methoxy groups -OCH3 is 1. The number of benzene rings is 2. The molecule has 1 atom stereocenters. The summed E-state index contributed by atoms with van der Waals surface area (Å²) in [4.78, 5) is 29.8. The number of carbonyl (C=O) groups is 2. The Labute approximate surface area is 221 Å². The largest absolute Gasteiger partial charge is 0.493 e. The fourth-order valence-electron chi connectivity index (χ4n) is 3.92. The Morgan fingerprint density at radius 1 is 1.03 bits per heavy atom. The zero-order valence-corrected chi connectivity index (χ0v) is 22.2. The number of anilines is 1. The van der Waals surface area contributed by atoms with Gasteiger partial charge in [-0.2, -0.15) is 0 Å². The lowest BCUT2D eigenvalue weighted by molar-refractivity contribution is -0.142. The first-order valence-electron chi connectivity index (χ1n) is 11.4. The topological polar surface area (TPSA) is 89.6 Å². The van der Waals surface area contributed by atoms with E-state index in [1.807, 2.05) is 51.2 Å². The number of pyridine rings is 1. The van der Waals surface area contributed by atoms with Gasteiger partial charge in [0.05, 0.1) is 29.3 Å². The molecule has 1 aromatic heterocycles. The van der Waals surface area contributed by atoms with Crippen LogP contribution >= 0.6 is 23.2 Å². The highest BCUT2D eigenvalue weighted by Gasteiger charge is 2.25. The molecule has 2 aromatic carbocycles. The van der Waals surface area contributed by atoms with Crippen LogP contribution in [0, 0.1) is 13.8 Å². The molecule has 0 unspecified atom stereocenters. The van der Waals surface area contributed by atoms with E-state index >= 15 is 0 Å². The van der Waals surface area contributed by atoms with E-state index in [2.05, 4.69) is 15.6 Å². The lowest BCUT2D eigenvalue weighted by Gasteiger charge is -2.19. The maximum absolute atomic E-state index is 12.9. The third-order valence-electron chi connectivity index (χ3n) is 5.61. The molecule has 0 aliphatic rings. The summed E-state index contributed by atoms with van der Waals surface area (Å²) in [6.07, 6.45) is 0.889. The summed E-state index contributed by atoms with van der Waals surface area (Å²) in [6, 6.07) is 13.5. The predicted octanol–water partition coefficient (Wildman–Crippen LogP) is 5.18. The molecule has 0 spiro atoms. The minimum Gasteiger partial charge on any atom is -0.493 e. The van der Waals surface area contributed by atoms with Crippen molar-refractivity contribution < 1.29 is 19.1 Å². The lowest BCUT2D eigenvalue weighted by Crippen LogP contribution is -2.43. The highest BCUT2D eigenvalue weighted by atomic mass is 35.5. The second-order valence-corrected chi connectivity index (χ2v) is 9.09. The number of nitrogens with one attached hydrogen (secondary N) is 2. The van der Waals surface area contributed by atoms with Crippen molar-refractivity contribution in [3.63, 3.8) is 0 Å². The molecule has 0 saturated carbocycles. The van der Waals surface area contributed by atoms with Crippen molar-refractivity contribution in [2.24, 2.45) is 0 Å². The van der Waals surface area contributed by atoms with Gasteiger partial charge in [0.1, 0.15) is 17.6 Å². The van der Waals surface area contributed by atoms with Gasteiger partial charge in [-0.15, -0.1) is 0 Å². The number of hydrogen-bond donors (Lipinski definition) is 2. The second kappa shape index (κ2) is 12.6. The smallest absolute Gasteiger partial charge is 0.328 e. The number of aryl methyl sites for hydroxylation is 2. The third-order valence-corrected chi connectivity index (χ3v) is 6.24. The molecule has 3 aromatic rings. The van der Waals surface area contributed by atoms with Crippen LogP contribution in [0.2, 0.25) is 10.0 Å². The molecule has 3 rings (SSSR count). The van der Waals surface area contributed by atoms with E-state index in [4.69, 9.17) is 32.7 Å². The zero-order valence-electron chi connectivity index (χ0n) is 20.7. The van der Waals surface area contributed by atoms with Gasteiger partial charge in [0.15, 0.2) is 0 Å². The summed E-state index contributed by atoms with van der Waals surface area (Å²) in [6.45, 7) is 4.36. The van der Waals surface area contributed by atoms with Gasteiger partial charge in [-0.3, -0.25) is 4.79 Å². The number of nitrogens with zero attached hydrogens (tertiary/aromatic N) is 1. The summed E-state index contributed by atoms with van der Waals surface area (Å²) in [5.74, 6) is 0.474. The number of ether oxygens (including phenoxy) is 2. The molecule has 0 saturated heterocycles. The van der Waals surface area contributed by atoms with Crippen molar-refractivity contribution in [2.45, 2.75) is 32.7 Å². The van der Waals surface area contributed by atoms with E-state index in [-0.39, 0.29) is 22.0 Å². The molecule has 190 valence electrons. The Bertz CT molecular complexity index is 1210. The Morgan fingerprint density at radius 2 is 1.67 bits per heavy atom. The Morgan fingerprint density at radius 3 is 2.28 bits per heavy atom. The van der Waals surface area contributed by atoms with E-state index in [0.29, 0.717) is 13.0 Å². The maximum Gasteiger partial charge on any atom is 0.328 e. The van der Waals surface area contributed by atoms with Gasteiger partial charge in [0.2, 0.25) is 0 Å². The number of hydrogen-bond acceptors (Lipinski definition) is 6. The molecule has 0 aliphatic carbocycles. The molecule has 0 aliphatic heterocycles. The van der Waals surface area contributed by atoms with Gasteiger partial charge in [-0.1, -0.05) is 47.5 Å². The van der Waals surface area contributed by atoms with Crippen LogP contribution in [-0.4, -0.2) is 43.7 Å². The Hall–Kier alpha value is -3.29. The van der Waals surface area contributed by atoms with E-state index in [0.717, 1.165) is 34.0 Å². The van der Waals surface area contributed by atoms with Gasteiger partial charge in [0, 0.05) is 25.6 Å². The second-order valence-electron chi connectivity index (χ2n) is 8.27. The Balaban J connectivity index is 1.71. The van der Waals surface area contributed by atoms with Gasteiger partial charge >= 0.3 is 5.97 Å². The van der Waals surface area contributed by atoms with Gasteiger partial charge in [-0.25, -0.2) is 9.78 Å². The molecule has 1 amide bonds. The molecule has 0 fully saturated rings. The first-order valence-corrected chi connectivity index (χ1v) is 12.2. The number of aromatic nitrogens is 1. The quantitative estimate of drug-likeness (QED) is 0.351. The number of amides is 1. The van der Waals surface area contributed by atoms with Crippen LogP contribution in [0.5, 0.6) is 5.75 Å². The summed E-state index contributed by atoms with van der Waals surface area (Å²) in [7, 11) is 3.11. The van der Waals surface area contributed by atoms with Crippen molar-refractivity contribution in [3.05, 3.63) is 86.5 Å². The van der Waals surface area contributed by atoms with E-state index in [1.54, 1.807) is 18.2 Å². The van der Waals surface area contributed by atoms with Crippen molar-refractivity contribution in [3.8, 4) is 5.75 Å². The molecule has 0 radical (unpaired) electrons. The fourth-order valence-corrected chi connectivity index (χ4v) is 4.49. The summed E-state index contributed by atoms with van der Waals surface area (Å²) < 4.78 is 11.0. The monoisotopic (exact) mass is 529 g/mol. The normalized spacial score (nSPS) is 11.5. The number of halogens is 2. The average Bonchev–Trinajstić information content (AvgIpc) is 2.84. The van der Waals surface area contributed by atoms with Crippen LogP contribution in [0.4, 0.5) is 5.82 Å². The fraction of sp³-hybridized carbons (Fsp3) is 0.296. The summed E-state index contributed by atoms with van der Waals surface area (Å²) in [5.41, 5.74) is 3.74. The van der Waals surface area contributed by atoms with Crippen molar-refractivity contribution >= 4 is 40.9 Å². The first-order chi connectivity index (χ1) is 17.2. The number of rotatable bonds is 10. The standard InChI is InChI=1S/C27H29Cl2N3O4/c1-16-13-18(14-17(2)25(16)36-12-11-19-7-5-10-23(30-3)31-19)15-22(27(34)35-4)32-26(33)24-20(28)8-6-9-21(24)29/h5-10,13-14,22H,11-12,15H2,1-4H3,(H,30,31)(H,32,33)/t22-/m0/s1. The SMILES string of the molecule is CNc1cccc(CCOc2c(C)cc(C[C@H](NC(=O)c3c(Cl)cccc3Cl)C(=O)OC)cc2C)n1. The van der Waals surface area contributed by atoms with Gasteiger partial charge in [0.25, 0.3) is 5.91 Å². The maximum atomic E-state index is 12.9. The van der Waals surface area contributed by atoms with Gasteiger partial charge in [-0.05, 0) is 54.8 Å². The molecular weight excluding hydrogens is 501 g/mol. The molecule has 1 heterocycles. The van der Waals surface area contributed by atoms with Gasteiger partial charge < -0.3 is 20.1 Å². The van der Waals surface area contributed by atoms with E-state index in [9.17, 15) is 9.59 Å². The summed E-state index contributed by atoms with van der Waals surface area (Å²) >= 11 is 12.3. The third kappa shape index (κ3) is 6.89. The molecule has 2 N–H and O–H groups in total. The molecule has 36 heavy (non-hydrogen) atoms. The average molecular weight is 530 g/mol. The van der Waals surface area contributed by atoms with Crippen LogP contribution in [-0.2, 0) is 22.4 Å². The Kier molecular flexibility index (Phi) is 9.56. The van der Waals surface area contributed by atoms with Crippen molar-refractivity contribution in [1.29, 1.82) is 0 Å². The number of esters is 1. The van der Waals surface area contributed by atoms with E-state index < -0.39 is 17.9 Å². The van der Waals surface area contributed by atoms with Crippen LogP contribution in [0.15, 0.2) is 48.5 Å². The van der Waals surface area contributed by atoms with E-state index in [1.165, 1.54) is 7.11 Å². The van der Waals surface area contributed by atoms with Crippen LogP contribution in [0.3, 0.4) is 0 Å². The number of carbonyl (C=O) groups excluding carboxylic acids is 2. The highest BCUT2D eigenvalue weighted by molar-refractivity contribution is 6.39.